The van der Waals surface area contributed by atoms with Crippen LogP contribution in [0.3, 0.4) is 0 Å². The Morgan fingerprint density at radius 2 is 1.77 bits per heavy atom. The van der Waals surface area contributed by atoms with Crippen molar-refractivity contribution in [2.24, 2.45) is 0 Å². The lowest BCUT2D eigenvalue weighted by atomic mass is 10.2. The summed E-state index contributed by atoms with van der Waals surface area (Å²) in [7, 11) is 0. The maximum atomic E-state index is 13.1. The highest BCUT2D eigenvalue weighted by atomic mass is 35.5. The molecular formula is C19H20ClFN8O2. The molecule has 0 N–H and O–H groups in total. The third kappa shape index (κ3) is 4.55. The number of carbonyl (C=O) groups is 2. The number of rotatable bonds is 5. The van der Waals surface area contributed by atoms with Crippen molar-refractivity contribution in [2.75, 3.05) is 26.2 Å². The number of hydrogen-bond donors (Lipinski definition) is 0. The van der Waals surface area contributed by atoms with E-state index in [4.69, 9.17) is 11.6 Å². The Kier molecular flexibility index (Phi) is 5.94. The van der Waals surface area contributed by atoms with Crippen LogP contribution in [0.5, 0.6) is 0 Å². The summed E-state index contributed by atoms with van der Waals surface area (Å²) >= 11 is 6.48. The molecule has 1 aliphatic heterocycles. The third-order valence-corrected chi connectivity index (χ3v) is 5.52. The lowest BCUT2D eigenvalue weighted by molar-refractivity contribution is -0.133. The summed E-state index contributed by atoms with van der Waals surface area (Å²) in [4.78, 5) is 28.8. The molecule has 0 spiro atoms. The van der Waals surface area contributed by atoms with Gasteiger partial charge >= 0.3 is 0 Å². The van der Waals surface area contributed by atoms with Crippen molar-refractivity contribution in [1.29, 1.82) is 0 Å². The molecule has 1 aliphatic rings. The largest absolute Gasteiger partial charge is 0.338 e. The molecule has 0 atom stereocenters. The van der Waals surface area contributed by atoms with E-state index in [0.717, 1.165) is 5.56 Å². The molecule has 1 fully saturated rings. The monoisotopic (exact) mass is 446 g/mol. The zero-order valence-corrected chi connectivity index (χ0v) is 17.5. The van der Waals surface area contributed by atoms with Crippen LogP contribution >= 0.6 is 11.6 Å². The first-order valence-corrected chi connectivity index (χ1v) is 10.1. The van der Waals surface area contributed by atoms with E-state index in [0.29, 0.717) is 44.0 Å². The summed E-state index contributed by atoms with van der Waals surface area (Å²) in [5, 5.41) is 15.3. The fourth-order valence-electron chi connectivity index (χ4n) is 3.47. The van der Waals surface area contributed by atoms with E-state index in [2.05, 4.69) is 20.6 Å². The standard InChI is InChI=1S/C19H20ClFN8O2/c1-13-17(18(20)29(23-13)10-14-2-4-15(21)5-3-14)19(31)27-8-6-26(7-9-27)16(30)11-28-12-22-24-25-28/h2-5,12H,6-11H2,1H3. The van der Waals surface area contributed by atoms with Crippen molar-refractivity contribution in [2.45, 2.75) is 20.0 Å². The van der Waals surface area contributed by atoms with Gasteiger partial charge in [0.2, 0.25) is 5.91 Å². The summed E-state index contributed by atoms with van der Waals surface area (Å²) in [5.74, 6) is -0.654. The lowest BCUT2D eigenvalue weighted by Crippen LogP contribution is -2.51. The maximum Gasteiger partial charge on any atom is 0.259 e. The van der Waals surface area contributed by atoms with Gasteiger partial charge in [-0.2, -0.15) is 5.10 Å². The second-order valence-electron chi connectivity index (χ2n) is 7.22. The number of benzene rings is 1. The molecule has 4 rings (SSSR count). The van der Waals surface area contributed by atoms with E-state index in [9.17, 15) is 14.0 Å². The number of amides is 2. The minimum atomic E-state index is -0.321. The van der Waals surface area contributed by atoms with Crippen LogP contribution in [0.1, 0.15) is 21.6 Å². The highest BCUT2D eigenvalue weighted by molar-refractivity contribution is 6.33. The van der Waals surface area contributed by atoms with Gasteiger partial charge in [-0.05, 0) is 35.0 Å². The Morgan fingerprint density at radius 3 is 2.42 bits per heavy atom. The zero-order valence-electron chi connectivity index (χ0n) is 16.8. The van der Waals surface area contributed by atoms with Crippen molar-refractivity contribution in [3.63, 3.8) is 0 Å². The molecular weight excluding hydrogens is 427 g/mol. The van der Waals surface area contributed by atoms with Crippen LogP contribution < -0.4 is 0 Å². The zero-order chi connectivity index (χ0) is 22.0. The topological polar surface area (TPSA) is 102 Å². The van der Waals surface area contributed by atoms with Gasteiger partial charge in [0, 0.05) is 26.2 Å². The Labute approximate surface area is 182 Å². The van der Waals surface area contributed by atoms with Crippen LogP contribution in [-0.2, 0) is 17.9 Å². The van der Waals surface area contributed by atoms with E-state index in [1.165, 1.54) is 27.8 Å². The van der Waals surface area contributed by atoms with Crippen molar-refractivity contribution in [1.82, 2.24) is 39.8 Å². The molecule has 0 bridgehead atoms. The number of carbonyl (C=O) groups excluding carboxylic acids is 2. The molecule has 3 aromatic rings. The first kappa shape index (κ1) is 20.9. The molecule has 162 valence electrons. The van der Waals surface area contributed by atoms with E-state index >= 15 is 0 Å². The molecule has 3 heterocycles. The Hall–Kier alpha value is -3.34. The van der Waals surface area contributed by atoms with Crippen LogP contribution in [0.4, 0.5) is 4.39 Å². The smallest absolute Gasteiger partial charge is 0.259 e. The van der Waals surface area contributed by atoms with E-state index < -0.39 is 0 Å². The van der Waals surface area contributed by atoms with E-state index in [-0.39, 0.29) is 29.3 Å². The highest BCUT2D eigenvalue weighted by Gasteiger charge is 2.29. The van der Waals surface area contributed by atoms with Gasteiger partial charge in [0.1, 0.15) is 23.8 Å². The van der Waals surface area contributed by atoms with Crippen LogP contribution in [-0.4, -0.2) is 77.8 Å². The van der Waals surface area contributed by atoms with Gasteiger partial charge in [0.25, 0.3) is 5.91 Å². The fourth-order valence-corrected chi connectivity index (χ4v) is 3.79. The van der Waals surface area contributed by atoms with Crippen LogP contribution in [0.25, 0.3) is 0 Å². The van der Waals surface area contributed by atoms with E-state index in [1.54, 1.807) is 28.9 Å². The minimum absolute atomic E-state index is 0.0576. The summed E-state index contributed by atoms with van der Waals surface area (Å²) < 4.78 is 16.0. The van der Waals surface area contributed by atoms with Crippen LogP contribution in [0.2, 0.25) is 5.15 Å². The fraction of sp³-hybridized carbons (Fsp3) is 0.368. The second-order valence-corrected chi connectivity index (χ2v) is 7.57. The molecule has 0 aliphatic carbocycles. The second kappa shape index (κ2) is 8.80. The summed E-state index contributed by atoms with van der Waals surface area (Å²) in [6.07, 6.45) is 1.38. The SMILES string of the molecule is Cc1nn(Cc2ccc(F)cc2)c(Cl)c1C(=O)N1CCN(C(=O)Cn2cnnn2)CC1. The molecule has 0 unspecified atom stereocenters. The predicted molar refractivity (Wildman–Crippen MR) is 108 cm³/mol. The molecule has 10 nitrogen and oxygen atoms in total. The number of nitrogens with zero attached hydrogens (tertiary/aromatic N) is 8. The number of piperazine rings is 1. The number of halogens is 2. The quantitative estimate of drug-likeness (QED) is 0.579. The average molecular weight is 447 g/mol. The molecule has 1 saturated heterocycles. The number of aryl methyl sites for hydroxylation is 1. The summed E-state index contributed by atoms with van der Waals surface area (Å²) in [6.45, 7) is 3.71. The Morgan fingerprint density at radius 1 is 1.10 bits per heavy atom. The van der Waals surface area contributed by atoms with Crippen LogP contribution in [0.15, 0.2) is 30.6 Å². The van der Waals surface area contributed by atoms with Gasteiger partial charge in [-0.3, -0.25) is 9.59 Å². The molecule has 1 aromatic carbocycles. The van der Waals surface area contributed by atoms with Gasteiger partial charge < -0.3 is 9.80 Å². The molecule has 2 aromatic heterocycles. The van der Waals surface area contributed by atoms with Gasteiger partial charge in [-0.1, -0.05) is 23.7 Å². The van der Waals surface area contributed by atoms with Crippen LogP contribution in [0, 0.1) is 12.7 Å². The lowest BCUT2D eigenvalue weighted by Gasteiger charge is -2.34. The van der Waals surface area contributed by atoms with Gasteiger partial charge in [0.15, 0.2) is 0 Å². The summed E-state index contributed by atoms with van der Waals surface area (Å²) in [6, 6.07) is 6.03. The maximum absolute atomic E-state index is 13.1. The van der Waals surface area contributed by atoms with Gasteiger partial charge in [-0.15, -0.1) is 5.10 Å². The Balaban J connectivity index is 1.40. The minimum Gasteiger partial charge on any atom is -0.338 e. The van der Waals surface area contributed by atoms with Crippen molar-refractivity contribution in [3.8, 4) is 0 Å². The number of aromatic nitrogens is 6. The van der Waals surface area contributed by atoms with Crippen molar-refractivity contribution >= 4 is 23.4 Å². The van der Waals surface area contributed by atoms with Crippen molar-refractivity contribution in [3.05, 3.63) is 58.4 Å². The molecule has 12 heteroatoms. The normalized spacial score (nSPS) is 14.2. The summed E-state index contributed by atoms with van der Waals surface area (Å²) in [5.41, 5.74) is 1.69. The number of tetrazole rings is 1. The first-order valence-electron chi connectivity index (χ1n) is 9.67. The number of hydrogen-bond acceptors (Lipinski definition) is 6. The Bertz CT molecular complexity index is 1080. The van der Waals surface area contributed by atoms with Gasteiger partial charge in [-0.25, -0.2) is 13.8 Å². The molecule has 2 amide bonds. The first-order chi connectivity index (χ1) is 14.9. The average Bonchev–Trinajstić information content (AvgIpc) is 3.37. The van der Waals surface area contributed by atoms with Gasteiger partial charge in [0.05, 0.1) is 17.8 Å². The molecule has 31 heavy (non-hydrogen) atoms. The highest BCUT2D eigenvalue weighted by Crippen LogP contribution is 2.23. The molecule has 0 saturated carbocycles. The van der Waals surface area contributed by atoms with Crippen molar-refractivity contribution < 1.29 is 14.0 Å². The molecule has 0 radical (unpaired) electrons. The third-order valence-electron chi connectivity index (χ3n) is 5.13. The van der Waals surface area contributed by atoms with E-state index in [1.807, 2.05) is 0 Å². The predicted octanol–water partition coefficient (Wildman–Crippen LogP) is 1.00.